The molecule has 3 rings (SSSR count). The van der Waals surface area contributed by atoms with Gasteiger partial charge >= 0.3 is 5.97 Å². The molecule has 0 spiro atoms. The molecule has 8 heteroatoms. The van der Waals surface area contributed by atoms with E-state index in [0.717, 1.165) is 0 Å². The van der Waals surface area contributed by atoms with E-state index in [1.54, 1.807) is 60.7 Å². The smallest absolute Gasteiger partial charge is 0.308 e. The molecule has 0 fully saturated rings. The highest BCUT2D eigenvalue weighted by atomic mass is 16.5. The van der Waals surface area contributed by atoms with Crippen LogP contribution in [0.5, 0.6) is 17.2 Å². The van der Waals surface area contributed by atoms with Gasteiger partial charge in [-0.25, -0.2) is 0 Å². The maximum atomic E-state index is 12.8. The fourth-order valence-electron chi connectivity index (χ4n) is 2.98. The number of anilines is 2. The predicted octanol–water partition coefficient (Wildman–Crippen LogP) is 4.13. The van der Waals surface area contributed by atoms with Crippen molar-refractivity contribution in [2.24, 2.45) is 0 Å². The Bertz CT molecular complexity index is 1120. The Labute approximate surface area is 185 Å². The van der Waals surface area contributed by atoms with Crippen molar-refractivity contribution in [1.82, 2.24) is 0 Å². The fraction of sp³-hybridized carbons (Fsp3) is 0.125. The summed E-state index contributed by atoms with van der Waals surface area (Å²) in [5, 5.41) is 5.54. The number of carbonyl (C=O) groups excluding carboxylic acids is 3. The molecule has 3 aromatic rings. The molecular weight excluding hydrogens is 412 g/mol. The summed E-state index contributed by atoms with van der Waals surface area (Å²) in [6, 6.07) is 18.0. The van der Waals surface area contributed by atoms with Crippen LogP contribution in [0.15, 0.2) is 66.7 Å². The molecule has 0 aliphatic heterocycles. The van der Waals surface area contributed by atoms with E-state index in [0.29, 0.717) is 28.4 Å². The lowest BCUT2D eigenvalue weighted by Gasteiger charge is -2.13. The summed E-state index contributed by atoms with van der Waals surface area (Å²) < 4.78 is 15.5. The van der Waals surface area contributed by atoms with Gasteiger partial charge in [0.2, 0.25) is 0 Å². The number of amides is 2. The molecule has 0 saturated carbocycles. The molecule has 0 radical (unpaired) electrons. The lowest BCUT2D eigenvalue weighted by atomic mass is 10.1. The number of rotatable bonds is 7. The molecule has 8 nitrogen and oxygen atoms in total. The van der Waals surface area contributed by atoms with Crippen LogP contribution in [-0.2, 0) is 4.79 Å². The molecule has 0 aliphatic carbocycles. The minimum Gasteiger partial charge on any atom is -0.496 e. The van der Waals surface area contributed by atoms with Crippen molar-refractivity contribution in [3.63, 3.8) is 0 Å². The number of hydrogen-bond acceptors (Lipinski definition) is 6. The van der Waals surface area contributed by atoms with Crippen molar-refractivity contribution in [2.75, 3.05) is 24.9 Å². The molecule has 3 aromatic carbocycles. The summed E-state index contributed by atoms with van der Waals surface area (Å²) in [6.45, 7) is 1.29. The molecule has 32 heavy (non-hydrogen) atoms. The SMILES string of the molecule is COc1cccc(OC)c1C(=O)Nc1ccc(NC(=O)c2cccc(OC(C)=O)c2)cc1. The van der Waals surface area contributed by atoms with Gasteiger partial charge in [0, 0.05) is 23.9 Å². The van der Waals surface area contributed by atoms with Crippen molar-refractivity contribution in [3.05, 3.63) is 77.9 Å². The van der Waals surface area contributed by atoms with Crippen LogP contribution in [0.3, 0.4) is 0 Å². The van der Waals surface area contributed by atoms with Crippen LogP contribution in [0.2, 0.25) is 0 Å². The van der Waals surface area contributed by atoms with Crippen molar-refractivity contribution in [3.8, 4) is 17.2 Å². The molecule has 0 heterocycles. The first-order valence-electron chi connectivity index (χ1n) is 9.63. The van der Waals surface area contributed by atoms with Gasteiger partial charge in [-0.1, -0.05) is 12.1 Å². The first-order valence-corrected chi connectivity index (χ1v) is 9.63. The van der Waals surface area contributed by atoms with Gasteiger partial charge in [-0.15, -0.1) is 0 Å². The lowest BCUT2D eigenvalue weighted by Crippen LogP contribution is -2.15. The molecule has 164 valence electrons. The number of benzene rings is 3. The lowest BCUT2D eigenvalue weighted by molar-refractivity contribution is -0.131. The van der Waals surface area contributed by atoms with Gasteiger partial charge in [0.25, 0.3) is 11.8 Å². The van der Waals surface area contributed by atoms with Crippen LogP contribution in [0.4, 0.5) is 11.4 Å². The summed E-state index contributed by atoms with van der Waals surface area (Å²) >= 11 is 0. The van der Waals surface area contributed by atoms with Crippen molar-refractivity contribution >= 4 is 29.2 Å². The van der Waals surface area contributed by atoms with Gasteiger partial charge in [0.15, 0.2) is 0 Å². The van der Waals surface area contributed by atoms with Crippen LogP contribution in [0.25, 0.3) is 0 Å². The van der Waals surface area contributed by atoms with Crippen molar-refractivity contribution < 1.29 is 28.6 Å². The van der Waals surface area contributed by atoms with Crippen molar-refractivity contribution in [1.29, 1.82) is 0 Å². The molecule has 0 bridgehead atoms. The Morgan fingerprint density at radius 2 is 1.25 bits per heavy atom. The number of esters is 1. The van der Waals surface area contributed by atoms with Crippen LogP contribution in [0.1, 0.15) is 27.6 Å². The zero-order valence-electron chi connectivity index (χ0n) is 17.8. The second-order valence-electron chi connectivity index (χ2n) is 6.64. The summed E-state index contributed by atoms with van der Waals surface area (Å²) in [4.78, 5) is 36.3. The van der Waals surface area contributed by atoms with Gasteiger partial charge in [-0.05, 0) is 54.6 Å². The molecule has 2 amide bonds. The van der Waals surface area contributed by atoms with Gasteiger partial charge in [-0.2, -0.15) is 0 Å². The Morgan fingerprint density at radius 3 is 1.78 bits per heavy atom. The largest absolute Gasteiger partial charge is 0.496 e. The van der Waals surface area contributed by atoms with Crippen LogP contribution in [0, 0.1) is 0 Å². The highest BCUT2D eigenvalue weighted by Crippen LogP contribution is 2.29. The first kappa shape index (κ1) is 22.4. The number of hydrogen-bond donors (Lipinski definition) is 2. The number of ether oxygens (including phenoxy) is 3. The Balaban J connectivity index is 1.69. The molecule has 0 aromatic heterocycles. The molecule has 0 aliphatic rings. The summed E-state index contributed by atoms with van der Waals surface area (Å²) in [7, 11) is 2.95. The second-order valence-corrected chi connectivity index (χ2v) is 6.64. The van der Waals surface area contributed by atoms with Gasteiger partial charge in [0.1, 0.15) is 22.8 Å². The quantitative estimate of drug-likeness (QED) is 0.428. The third-order valence-corrected chi connectivity index (χ3v) is 4.41. The molecular formula is C24H22N2O6. The van der Waals surface area contributed by atoms with E-state index >= 15 is 0 Å². The molecule has 0 saturated heterocycles. The van der Waals surface area contributed by atoms with E-state index in [1.807, 2.05) is 0 Å². The summed E-state index contributed by atoms with van der Waals surface area (Å²) in [5.74, 6) is -0.155. The zero-order chi connectivity index (χ0) is 23.1. The van der Waals surface area contributed by atoms with E-state index in [1.165, 1.54) is 27.2 Å². The highest BCUT2D eigenvalue weighted by molar-refractivity contribution is 6.08. The number of methoxy groups -OCH3 is 2. The topological polar surface area (TPSA) is 103 Å². The Hall–Kier alpha value is -4.33. The highest BCUT2D eigenvalue weighted by Gasteiger charge is 2.18. The Kier molecular flexibility index (Phi) is 7.07. The fourth-order valence-corrected chi connectivity index (χ4v) is 2.98. The van der Waals surface area contributed by atoms with E-state index in [4.69, 9.17) is 14.2 Å². The van der Waals surface area contributed by atoms with E-state index in [9.17, 15) is 14.4 Å². The first-order chi connectivity index (χ1) is 15.4. The number of carbonyl (C=O) groups is 3. The van der Waals surface area contributed by atoms with E-state index in [-0.39, 0.29) is 17.2 Å². The van der Waals surface area contributed by atoms with E-state index in [2.05, 4.69) is 10.6 Å². The monoisotopic (exact) mass is 434 g/mol. The summed E-state index contributed by atoms with van der Waals surface area (Å²) in [6.07, 6.45) is 0. The summed E-state index contributed by atoms with van der Waals surface area (Å²) in [5.41, 5.74) is 1.67. The Morgan fingerprint density at radius 1 is 0.719 bits per heavy atom. The molecule has 0 unspecified atom stereocenters. The van der Waals surface area contributed by atoms with Crippen molar-refractivity contribution in [2.45, 2.75) is 6.92 Å². The molecule has 0 atom stereocenters. The van der Waals surface area contributed by atoms with Gasteiger partial charge in [-0.3, -0.25) is 14.4 Å². The van der Waals surface area contributed by atoms with Crippen LogP contribution >= 0.6 is 0 Å². The maximum absolute atomic E-state index is 12.8. The third-order valence-electron chi connectivity index (χ3n) is 4.41. The minimum atomic E-state index is -0.467. The minimum absolute atomic E-state index is 0.280. The average Bonchev–Trinajstić information content (AvgIpc) is 2.79. The third kappa shape index (κ3) is 5.42. The second kappa shape index (κ2) is 10.1. The van der Waals surface area contributed by atoms with E-state index < -0.39 is 11.9 Å². The van der Waals surface area contributed by atoms with Gasteiger partial charge < -0.3 is 24.8 Å². The van der Waals surface area contributed by atoms with Gasteiger partial charge in [0.05, 0.1) is 14.2 Å². The predicted molar refractivity (Wildman–Crippen MR) is 120 cm³/mol. The standard InChI is InChI=1S/C24H22N2O6/c1-15(27)32-19-7-4-6-16(14-19)23(28)25-17-10-12-18(13-11-17)26-24(29)22-20(30-2)8-5-9-21(22)31-3/h4-14H,1-3H3,(H,25,28)(H,26,29). The number of nitrogens with one attached hydrogen (secondary N) is 2. The zero-order valence-corrected chi connectivity index (χ0v) is 17.8. The van der Waals surface area contributed by atoms with Crippen LogP contribution < -0.4 is 24.8 Å². The normalized spacial score (nSPS) is 10.1. The molecule has 2 N–H and O–H groups in total. The average molecular weight is 434 g/mol. The maximum Gasteiger partial charge on any atom is 0.308 e. The van der Waals surface area contributed by atoms with Crippen LogP contribution in [-0.4, -0.2) is 32.0 Å².